The van der Waals surface area contributed by atoms with Gasteiger partial charge in [-0.2, -0.15) is 0 Å². The summed E-state index contributed by atoms with van der Waals surface area (Å²) in [5, 5.41) is 3.40. The molecule has 0 aliphatic rings. The van der Waals surface area contributed by atoms with Crippen LogP contribution in [0.5, 0.6) is 0 Å². The Morgan fingerprint density at radius 3 is 2.62 bits per heavy atom. The second-order valence-electron chi connectivity index (χ2n) is 5.03. The van der Waals surface area contributed by atoms with Crippen molar-refractivity contribution in [1.29, 1.82) is 0 Å². The third-order valence-corrected chi connectivity index (χ3v) is 2.54. The molecule has 1 heterocycles. The smallest absolute Gasteiger partial charge is 0.130 e. The molecule has 1 aromatic rings. The van der Waals surface area contributed by atoms with Gasteiger partial charge in [-0.15, -0.1) is 0 Å². The molecule has 1 atom stereocenters. The van der Waals surface area contributed by atoms with Crippen LogP contribution in [-0.2, 0) is 0 Å². The van der Waals surface area contributed by atoms with Crippen LogP contribution < -0.4 is 11.1 Å². The molecule has 1 rings (SSSR count). The van der Waals surface area contributed by atoms with E-state index in [1.165, 1.54) is 0 Å². The Hall–Kier alpha value is -1.16. The van der Waals surface area contributed by atoms with Gasteiger partial charge in [-0.25, -0.2) is 9.97 Å². The zero-order valence-electron chi connectivity index (χ0n) is 10.6. The highest BCUT2D eigenvalue weighted by Gasteiger charge is 2.23. The Balaban J connectivity index is 2.76. The molecule has 0 saturated heterocycles. The third-order valence-electron chi connectivity index (χ3n) is 2.54. The maximum absolute atomic E-state index is 5.84. The summed E-state index contributed by atoms with van der Waals surface area (Å²) in [5.41, 5.74) is 6.69. The van der Waals surface area contributed by atoms with Gasteiger partial charge in [0.05, 0.1) is 0 Å². The third kappa shape index (κ3) is 3.77. The van der Waals surface area contributed by atoms with Crippen molar-refractivity contribution in [2.45, 2.75) is 39.7 Å². The minimum atomic E-state index is -0.102. The lowest BCUT2D eigenvalue weighted by Crippen LogP contribution is -2.43. The zero-order chi connectivity index (χ0) is 12.2. The van der Waals surface area contributed by atoms with E-state index in [4.69, 9.17) is 5.73 Å². The molecule has 4 nitrogen and oxygen atoms in total. The summed E-state index contributed by atoms with van der Waals surface area (Å²) in [6.45, 7) is 9.06. The summed E-state index contributed by atoms with van der Waals surface area (Å²) < 4.78 is 0. The lowest BCUT2D eigenvalue weighted by molar-refractivity contribution is 0.406. The second-order valence-corrected chi connectivity index (χ2v) is 5.03. The van der Waals surface area contributed by atoms with Crippen LogP contribution in [0.1, 0.15) is 32.9 Å². The van der Waals surface area contributed by atoms with E-state index >= 15 is 0 Å². The molecule has 0 saturated carbocycles. The van der Waals surface area contributed by atoms with Crippen LogP contribution in [0.25, 0.3) is 0 Å². The number of nitrogens with two attached hydrogens (primary N) is 1. The predicted molar refractivity (Wildman–Crippen MR) is 67.3 cm³/mol. The van der Waals surface area contributed by atoms with Crippen LogP contribution in [0, 0.1) is 12.8 Å². The van der Waals surface area contributed by atoms with Crippen LogP contribution >= 0.6 is 0 Å². The normalized spacial score (nSPS) is 14.9. The highest BCUT2D eigenvalue weighted by Crippen LogP contribution is 2.20. The van der Waals surface area contributed by atoms with E-state index in [1.807, 2.05) is 13.0 Å². The van der Waals surface area contributed by atoms with Gasteiger partial charge in [0.1, 0.15) is 12.1 Å². The van der Waals surface area contributed by atoms with Gasteiger partial charge in [0.15, 0.2) is 0 Å². The Morgan fingerprint density at radius 2 is 2.12 bits per heavy atom. The Kier molecular flexibility index (Phi) is 4.24. The standard InChI is InChI=1S/C12H22N4/c1-9(2)6-12(4,7-13)16-11-5-10(3)14-8-15-11/h5,8-9H,6-7,13H2,1-4H3,(H,14,15,16). The van der Waals surface area contributed by atoms with Crippen molar-refractivity contribution in [3.8, 4) is 0 Å². The van der Waals surface area contributed by atoms with Gasteiger partial charge in [-0.05, 0) is 26.2 Å². The summed E-state index contributed by atoms with van der Waals surface area (Å²) in [4.78, 5) is 8.28. The number of rotatable bonds is 5. The highest BCUT2D eigenvalue weighted by atomic mass is 15.1. The van der Waals surface area contributed by atoms with Gasteiger partial charge < -0.3 is 11.1 Å². The number of anilines is 1. The van der Waals surface area contributed by atoms with Crippen LogP contribution in [0.4, 0.5) is 5.82 Å². The number of aryl methyl sites for hydroxylation is 1. The first-order valence-corrected chi connectivity index (χ1v) is 5.72. The molecule has 1 unspecified atom stereocenters. The van der Waals surface area contributed by atoms with Crippen molar-refractivity contribution in [3.05, 3.63) is 18.1 Å². The molecule has 0 aliphatic heterocycles. The van der Waals surface area contributed by atoms with Gasteiger partial charge in [0.2, 0.25) is 0 Å². The molecule has 0 spiro atoms. The maximum atomic E-state index is 5.84. The molecule has 4 heteroatoms. The van der Waals surface area contributed by atoms with Crippen molar-refractivity contribution in [2.24, 2.45) is 11.7 Å². The van der Waals surface area contributed by atoms with Gasteiger partial charge in [-0.1, -0.05) is 13.8 Å². The van der Waals surface area contributed by atoms with Crippen molar-refractivity contribution in [3.63, 3.8) is 0 Å². The first kappa shape index (κ1) is 12.9. The second kappa shape index (κ2) is 5.25. The lowest BCUT2D eigenvalue weighted by Gasteiger charge is -2.31. The summed E-state index contributed by atoms with van der Waals surface area (Å²) >= 11 is 0. The number of aromatic nitrogens is 2. The van der Waals surface area contributed by atoms with E-state index in [0.717, 1.165) is 17.9 Å². The van der Waals surface area contributed by atoms with Gasteiger partial charge in [0, 0.05) is 23.8 Å². The molecule has 16 heavy (non-hydrogen) atoms. The van der Waals surface area contributed by atoms with E-state index < -0.39 is 0 Å². The van der Waals surface area contributed by atoms with E-state index in [9.17, 15) is 0 Å². The van der Waals surface area contributed by atoms with Crippen LogP contribution in [0.2, 0.25) is 0 Å². The minimum absolute atomic E-state index is 0.102. The molecular formula is C12H22N4. The number of nitrogens with zero attached hydrogens (tertiary/aromatic N) is 2. The molecule has 0 aromatic carbocycles. The lowest BCUT2D eigenvalue weighted by atomic mass is 9.91. The predicted octanol–water partition coefficient (Wildman–Crippen LogP) is 1.96. The largest absolute Gasteiger partial charge is 0.364 e. The summed E-state index contributed by atoms with van der Waals surface area (Å²) in [6.07, 6.45) is 2.59. The zero-order valence-corrected chi connectivity index (χ0v) is 10.6. The topological polar surface area (TPSA) is 63.8 Å². The first-order valence-electron chi connectivity index (χ1n) is 5.72. The van der Waals surface area contributed by atoms with E-state index in [0.29, 0.717) is 12.5 Å². The van der Waals surface area contributed by atoms with Gasteiger partial charge in [-0.3, -0.25) is 0 Å². The van der Waals surface area contributed by atoms with Crippen LogP contribution in [0.15, 0.2) is 12.4 Å². The summed E-state index contributed by atoms with van der Waals surface area (Å²) in [7, 11) is 0. The molecule has 0 amide bonds. The van der Waals surface area contributed by atoms with Crippen LogP contribution in [0.3, 0.4) is 0 Å². The van der Waals surface area contributed by atoms with Crippen molar-refractivity contribution >= 4 is 5.82 Å². The fraction of sp³-hybridized carbons (Fsp3) is 0.667. The molecule has 1 aromatic heterocycles. The molecular weight excluding hydrogens is 200 g/mol. The molecule has 0 fully saturated rings. The molecule has 0 radical (unpaired) electrons. The quantitative estimate of drug-likeness (QED) is 0.799. The molecule has 3 N–H and O–H groups in total. The summed E-state index contributed by atoms with van der Waals surface area (Å²) in [5.74, 6) is 1.45. The fourth-order valence-corrected chi connectivity index (χ4v) is 1.92. The van der Waals surface area contributed by atoms with Crippen molar-refractivity contribution in [2.75, 3.05) is 11.9 Å². The van der Waals surface area contributed by atoms with Crippen molar-refractivity contribution < 1.29 is 0 Å². The average Bonchev–Trinajstić information content (AvgIpc) is 2.16. The van der Waals surface area contributed by atoms with Gasteiger partial charge >= 0.3 is 0 Å². The van der Waals surface area contributed by atoms with E-state index in [-0.39, 0.29) is 5.54 Å². The molecule has 0 aliphatic carbocycles. The maximum Gasteiger partial charge on any atom is 0.130 e. The SMILES string of the molecule is Cc1cc(NC(C)(CN)CC(C)C)ncn1. The first-order chi connectivity index (χ1) is 7.45. The van der Waals surface area contributed by atoms with Gasteiger partial charge in [0.25, 0.3) is 0 Å². The number of nitrogens with one attached hydrogen (secondary N) is 1. The fourth-order valence-electron chi connectivity index (χ4n) is 1.92. The Labute approximate surface area is 97.7 Å². The highest BCUT2D eigenvalue weighted by molar-refractivity contribution is 5.37. The minimum Gasteiger partial charge on any atom is -0.364 e. The van der Waals surface area contributed by atoms with E-state index in [2.05, 4.69) is 36.1 Å². The number of hydrogen-bond acceptors (Lipinski definition) is 4. The van der Waals surface area contributed by atoms with Crippen LogP contribution in [-0.4, -0.2) is 22.1 Å². The van der Waals surface area contributed by atoms with Crippen molar-refractivity contribution in [1.82, 2.24) is 9.97 Å². The average molecular weight is 222 g/mol. The molecule has 0 bridgehead atoms. The van der Waals surface area contributed by atoms with E-state index in [1.54, 1.807) is 6.33 Å². The molecule has 90 valence electrons. The monoisotopic (exact) mass is 222 g/mol. The Bertz CT molecular complexity index is 338. The summed E-state index contributed by atoms with van der Waals surface area (Å²) in [6, 6.07) is 1.94. The number of hydrogen-bond donors (Lipinski definition) is 2. The Morgan fingerprint density at radius 1 is 1.44 bits per heavy atom.